The number of benzene rings is 3. The lowest BCUT2D eigenvalue weighted by molar-refractivity contribution is 0.589. The van der Waals surface area contributed by atoms with Gasteiger partial charge >= 0.3 is 0 Å². The van der Waals surface area contributed by atoms with Crippen LogP contribution >= 0.6 is 0 Å². The summed E-state index contributed by atoms with van der Waals surface area (Å²) in [7, 11) is 0. The second-order valence-corrected chi connectivity index (χ2v) is 6.58. The monoisotopic (exact) mass is 284 g/mol. The van der Waals surface area contributed by atoms with Crippen molar-refractivity contribution in [2.45, 2.75) is 26.2 Å². The van der Waals surface area contributed by atoms with Gasteiger partial charge in [0, 0.05) is 11.1 Å². The topological polar surface area (TPSA) is 0 Å². The average molecular weight is 284 g/mol. The smallest absolute Gasteiger partial charge is 0.0364 e. The van der Waals surface area contributed by atoms with Crippen molar-refractivity contribution >= 4 is 10.8 Å². The molecular weight excluding hydrogens is 264 g/mol. The Hall–Kier alpha value is -2.52. The second kappa shape index (κ2) is 5.70. The minimum atomic E-state index is 0.0741. The maximum atomic E-state index is 3.43. The summed E-state index contributed by atoms with van der Waals surface area (Å²) >= 11 is 0. The lowest BCUT2D eigenvalue weighted by Gasteiger charge is -2.22. The first kappa shape index (κ1) is 14.4. The Morgan fingerprint density at radius 2 is 1.36 bits per heavy atom. The summed E-state index contributed by atoms with van der Waals surface area (Å²) in [6, 6.07) is 23.1. The predicted octanol–water partition coefficient (Wildman–Crippen LogP) is 5.54. The van der Waals surface area contributed by atoms with Crippen LogP contribution in [0.15, 0.2) is 66.7 Å². The van der Waals surface area contributed by atoms with Crippen LogP contribution in [-0.4, -0.2) is 0 Å². The molecule has 0 atom stereocenters. The number of hydrogen-bond donors (Lipinski definition) is 0. The van der Waals surface area contributed by atoms with E-state index in [1.165, 1.54) is 16.3 Å². The van der Waals surface area contributed by atoms with Crippen LogP contribution in [0.2, 0.25) is 0 Å². The zero-order valence-corrected chi connectivity index (χ0v) is 13.4. The Labute approximate surface area is 132 Å². The van der Waals surface area contributed by atoms with Crippen LogP contribution in [0, 0.1) is 11.8 Å². The van der Waals surface area contributed by atoms with Gasteiger partial charge in [-0.25, -0.2) is 0 Å². The fourth-order valence-corrected chi connectivity index (χ4v) is 2.69. The van der Waals surface area contributed by atoms with Crippen LogP contribution in [0.3, 0.4) is 0 Å². The highest BCUT2D eigenvalue weighted by Gasteiger charge is 2.18. The van der Waals surface area contributed by atoms with E-state index < -0.39 is 0 Å². The zero-order valence-electron chi connectivity index (χ0n) is 13.4. The van der Waals surface area contributed by atoms with Gasteiger partial charge in [-0.05, 0) is 33.9 Å². The molecule has 0 nitrogen and oxygen atoms in total. The second-order valence-electron chi connectivity index (χ2n) is 6.58. The van der Waals surface area contributed by atoms with Crippen molar-refractivity contribution in [3.63, 3.8) is 0 Å². The number of rotatable bonds is 0. The maximum Gasteiger partial charge on any atom is 0.0364 e. The van der Waals surface area contributed by atoms with Gasteiger partial charge in [0.25, 0.3) is 0 Å². The molecule has 0 bridgehead atoms. The molecule has 0 radical (unpaired) electrons. The Bertz CT molecular complexity index is 853. The molecule has 3 aromatic carbocycles. The van der Waals surface area contributed by atoms with Gasteiger partial charge in [0.15, 0.2) is 0 Å². The minimum absolute atomic E-state index is 0.0741. The van der Waals surface area contributed by atoms with Crippen LogP contribution in [0.4, 0.5) is 0 Å². The maximum absolute atomic E-state index is 3.43. The first-order chi connectivity index (χ1) is 10.6. The lowest BCUT2D eigenvalue weighted by Crippen LogP contribution is -2.13. The molecule has 0 spiro atoms. The predicted molar refractivity (Wildman–Crippen MR) is 95.1 cm³/mol. The summed E-state index contributed by atoms with van der Waals surface area (Å²) in [6.45, 7) is 6.72. The van der Waals surface area contributed by atoms with Crippen molar-refractivity contribution in [1.82, 2.24) is 0 Å². The summed E-state index contributed by atoms with van der Waals surface area (Å²) in [5, 5.41) is 2.48. The minimum Gasteiger partial charge on any atom is -0.0622 e. The molecule has 0 amide bonds. The molecule has 0 saturated heterocycles. The van der Waals surface area contributed by atoms with E-state index in [-0.39, 0.29) is 5.41 Å². The first-order valence-electron chi connectivity index (χ1n) is 7.65. The Balaban J connectivity index is 2.24. The van der Waals surface area contributed by atoms with Gasteiger partial charge in [-0.1, -0.05) is 87.2 Å². The van der Waals surface area contributed by atoms with E-state index in [0.717, 1.165) is 11.1 Å². The van der Waals surface area contributed by atoms with E-state index in [9.17, 15) is 0 Å². The first-order valence-corrected chi connectivity index (χ1v) is 7.65. The van der Waals surface area contributed by atoms with E-state index in [2.05, 4.69) is 81.1 Å². The van der Waals surface area contributed by atoms with Crippen molar-refractivity contribution in [3.05, 3.63) is 83.4 Å². The van der Waals surface area contributed by atoms with Gasteiger partial charge < -0.3 is 0 Å². The average Bonchev–Trinajstić information content (AvgIpc) is 2.52. The normalized spacial score (nSPS) is 11.0. The van der Waals surface area contributed by atoms with Crippen molar-refractivity contribution < 1.29 is 0 Å². The van der Waals surface area contributed by atoms with Crippen molar-refractivity contribution in [2.24, 2.45) is 0 Å². The van der Waals surface area contributed by atoms with Gasteiger partial charge in [0.1, 0.15) is 0 Å². The van der Waals surface area contributed by atoms with Crippen molar-refractivity contribution in [1.29, 1.82) is 0 Å². The van der Waals surface area contributed by atoms with Crippen LogP contribution in [0.5, 0.6) is 0 Å². The molecule has 0 saturated carbocycles. The summed E-state index contributed by atoms with van der Waals surface area (Å²) < 4.78 is 0. The van der Waals surface area contributed by atoms with Crippen LogP contribution in [-0.2, 0) is 5.41 Å². The molecule has 0 aliphatic rings. The highest BCUT2D eigenvalue weighted by atomic mass is 14.2. The zero-order chi connectivity index (χ0) is 15.6. The summed E-state index contributed by atoms with van der Waals surface area (Å²) in [5.74, 6) is 6.74. The third kappa shape index (κ3) is 2.90. The molecule has 0 heterocycles. The molecule has 3 aromatic rings. The standard InChI is InChI=1S/C22H20/c1-22(2,3)21-16-14-18-11-7-8-12-19(18)20(21)15-13-17-9-5-4-6-10-17/h4-12,14,16H,1-3H3. The largest absolute Gasteiger partial charge is 0.0622 e. The Morgan fingerprint density at radius 3 is 2.09 bits per heavy atom. The molecular formula is C22H20. The fraction of sp³-hybridized carbons (Fsp3) is 0.182. The van der Waals surface area contributed by atoms with Crippen molar-refractivity contribution in [2.75, 3.05) is 0 Å². The van der Waals surface area contributed by atoms with Gasteiger partial charge in [-0.3, -0.25) is 0 Å². The molecule has 0 aliphatic heterocycles. The highest BCUT2D eigenvalue weighted by Crippen LogP contribution is 2.30. The summed E-state index contributed by atoms with van der Waals surface area (Å²) in [4.78, 5) is 0. The highest BCUT2D eigenvalue weighted by molar-refractivity contribution is 5.90. The molecule has 3 rings (SSSR count). The lowest BCUT2D eigenvalue weighted by atomic mass is 9.82. The van der Waals surface area contributed by atoms with Crippen LogP contribution in [0.1, 0.15) is 37.5 Å². The van der Waals surface area contributed by atoms with Crippen molar-refractivity contribution in [3.8, 4) is 11.8 Å². The third-order valence-electron chi connectivity index (χ3n) is 3.84. The van der Waals surface area contributed by atoms with E-state index in [1.54, 1.807) is 0 Å². The van der Waals surface area contributed by atoms with E-state index in [1.807, 2.05) is 18.2 Å². The third-order valence-corrected chi connectivity index (χ3v) is 3.84. The quantitative estimate of drug-likeness (QED) is 0.476. The Morgan fingerprint density at radius 1 is 0.682 bits per heavy atom. The van der Waals surface area contributed by atoms with Crippen LogP contribution in [0.25, 0.3) is 10.8 Å². The van der Waals surface area contributed by atoms with Crippen LogP contribution < -0.4 is 0 Å². The Kier molecular flexibility index (Phi) is 3.73. The molecule has 0 aliphatic carbocycles. The van der Waals surface area contributed by atoms with E-state index >= 15 is 0 Å². The SMILES string of the molecule is CC(C)(C)c1ccc2ccccc2c1C#Cc1ccccc1. The van der Waals surface area contributed by atoms with E-state index in [4.69, 9.17) is 0 Å². The summed E-state index contributed by atoms with van der Waals surface area (Å²) in [6.07, 6.45) is 0. The molecule has 108 valence electrons. The molecule has 0 unspecified atom stereocenters. The molecule has 0 fully saturated rings. The number of hydrogen-bond acceptors (Lipinski definition) is 0. The van der Waals surface area contributed by atoms with Gasteiger partial charge in [-0.2, -0.15) is 0 Å². The van der Waals surface area contributed by atoms with E-state index in [0.29, 0.717) is 0 Å². The van der Waals surface area contributed by atoms with Gasteiger partial charge in [-0.15, -0.1) is 0 Å². The number of fused-ring (bicyclic) bond motifs is 1. The fourth-order valence-electron chi connectivity index (χ4n) is 2.69. The molecule has 0 N–H and O–H groups in total. The van der Waals surface area contributed by atoms with Gasteiger partial charge in [0.2, 0.25) is 0 Å². The molecule has 0 aromatic heterocycles. The molecule has 22 heavy (non-hydrogen) atoms. The van der Waals surface area contributed by atoms with Gasteiger partial charge in [0.05, 0.1) is 0 Å². The molecule has 0 heteroatoms. The summed E-state index contributed by atoms with van der Waals surface area (Å²) in [5.41, 5.74) is 3.57.